The fourth-order valence-corrected chi connectivity index (χ4v) is 2.10. The lowest BCUT2D eigenvalue weighted by molar-refractivity contribution is 0.252. The number of carbonyl (C=O) groups is 1. The molecule has 2 N–H and O–H groups in total. The van der Waals surface area contributed by atoms with Crippen LogP contribution >= 0.6 is 11.8 Å². The molecule has 0 aliphatic heterocycles. The van der Waals surface area contributed by atoms with Crippen LogP contribution in [0.3, 0.4) is 0 Å². The van der Waals surface area contributed by atoms with Gasteiger partial charge in [-0.25, -0.2) is 4.79 Å². The Morgan fingerprint density at radius 2 is 2.11 bits per heavy atom. The van der Waals surface area contributed by atoms with Crippen molar-refractivity contribution in [3.05, 3.63) is 24.3 Å². The minimum absolute atomic E-state index is 0.141. The van der Waals surface area contributed by atoms with Crippen molar-refractivity contribution < 1.29 is 4.79 Å². The predicted octanol–water partition coefficient (Wildman–Crippen LogP) is 3.02. The summed E-state index contributed by atoms with van der Waals surface area (Å²) in [6.45, 7) is 3.69. The number of amides is 2. The van der Waals surface area contributed by atoms with Gasteiger partial charge in [-0.2, -0.15) is 11.8 Å². The molecule has 0 aliphatic carbocycles. The minimum Gasteiger partial charge on any atom is -0.373 e. The lowest BCUT2D eigenvalue weighted by Crippen LogP contribution is -2.30. The van der Waals surface area contributed by atoms with Gasteiger partial charge in [0.05, 0.1) is 11.4 Å². The number of benzene rings is 1. The standard InChI is InChI=1S/C14H23N3OS/c1-4-17(2)13-9-6-5-8-12(13)16-14(18)15-10-7-11-19-3/h5-6,8-9H,4,7,10-11H2,1-3H3,(H2,15,16,18). The Bertz CT molecular complexity index is 398. The quantitative estimate of drug-likeness (QED) is 0.755. The molecule has 1 aromatic carbocycles. The molecule has 0 bridgehead atoms. The lowest BCUT2D eigenvalue weighted by Gasteiger charge is -2.20. The fraction of sp³-hybridized carbons (Fsp3) is 0.500. The number of hydrogen-bond donors (Lipinski definition) is 2. The van der Waals surface area contributed by atoms with Crippen LogP contribution in [-0.4, -0.2) is 38.2 Å². The maximum Gasteiger partial charge on any atom is 0.319 e. The van der Waals surface area contributed by atoms with Gasteiger partial charge in [-0.1, -0.05) is 12.1 Å². The highest BCUT2D eigenvalue weighted by Crippen LogP contribution is 2.24. The van der Waals surface area contributed by atoms with E-state index in [1.54, 1.807) is 11.8 Å². The van der Waals surface area contributed by atoms with Crippen molar-refractivity contribution in [1.82, 2.24) is 5.32 Å². The van der Waals surface area contributed by atoms with E-state index in [1.807, 2.05) is 31.3 Å². The first kappa shape index (κ1) is 15.7. The average molecular weight is 281 g/mol. The van der Waals surface area contributed by atoms with Crippen molar-refractivity contribution >= 4 is 29.2 Å². The first-order valence-electron chi connectivity index (χ1n) is 6.53. The molecule has 5 heteroatoms. The second-order valence-corrected chi connectivity index (χ2v) is 5.24. The van der Waals surface area contributed by atoms with Crippen LogP contribution in [0.5, 0.6) is 0 Å². The number of nitrogens with zero attached hydrogens (tertiary/aromatic N) is 1. The van der Waals surface area contributed by atoms with Crippen molar-refractivity contribution in [3.63, 3.8) is 0 Å². The SMILES string of the molecule is CCN(C)c1ccccc1NC(=O)NCCCSC. The lowest BCUT2D eigenvalue weighted by atomic mass is 10.2. The zero-order valence-electron chi connectivity index (χ0n) is 11.9. The molecule has 0 saturated heterocycles. The van der Waals surface area contributed by atoms with Gasteiger partial charge in [-0.3, -0.25) is 0 Å². The Balaban J connectivity index is 2.54. The summed E-state index contributed by atoms with van der Waals surface area (Å²) in [5.41, 5.74) is 1.87. The molecule has 0 aliphatic rings. The maximum atomic E-state index is 11.8. The van der Waals surface area contributed by atoms with Crippen molar-refractivity contribution in [3.8, 4) is 0 Å². The second-order valence-electron chi connectivity index (χ2n) is 4.26. The topological polar surface area (TPSA) is 44.4 Å². The Morgan fingerprint density at radius 1 is 1.37 bits per heavy atom. The smallest absolute Gasteiger partial charge is 0.319 e. The highest BCUT2D eigenvalue weighted by atomic mass is 32.2. The zero-order chi connectivity index (χ0) is 14.1. The van der Waals surface area contributed by atoms with E-state index in [-0.39, 0.29) is 6.03 Å². The number of hydrogen-bond acceptors (Lipinski definition) is 3. The van der Waals surface area contributed by atoms with Gasteiger partial charge < -0.3 is 15.5 Å². The Morgan fingerprint density at radius 3 is 2.79 bits per heavy atom. The molecular formula is C14H23N3OS. The van der Waals surface area contributed by atoms with E-state index >= 15 is 0 Å². The van der Waals surface area contributed by atoms with Crippen LogP contribution in [0, 0.1) is 0 Å². The first-order chi connectivity index (χ1) is 9.19. The summed E-state index contributed by atoms with van der Waals surface area (Å²) >= 11 is 1.79. The summed E-state index contributed by atoms with van der Waals surface area (Å²) in [6.07, 6.45) is 3.06. The summed E-state index contributed by atoms with van der Waals surface area (Å²) < 4.78 is 0. The molecule has 19 heavy (non-hydrogen) atoms. The van der Waals surface area contributed by atoms with Crippen LogP contribution in [-0.2, 0) is 0 Å². The third-order valence-electron chi connectivity index (χ3n) is 2.85. The number of carbonyl (C=O) groups excluding carboxylic acids is 1. The zero-order valence-corrected chi connectivity index (χ0v) is 12.7. The summed E-state index contributed by atoms with van der Waals surface area (Å²) in [4.78, 5) is 13.9. The van der Waals surface area contributed by atoms with Crippen LogP contribution in [0.4, 0.5) is 16.2 Å². The number of thioether (sulfide) groups is 1. The van der Waals surface area contributed by atoms with Gasteiger partial charge >= 0.3 is 6.03 Å². The Labute approximate surface area is 119 Å². The molecule has 1 aromatic rings. The normalized spacial score (nSPS) is 10.1. The van der Waals surface area contributed by atoms with Gasteiger partial charge in [0.1, 0.15) is 0 Å². The van der Waals surface area contributed by atoms with Crippen LogP contribution in [0.1, 0.15) is 13.3 Å². The molecule has 0 fully saturated rings. The van der Waals surface area contributed by atoms with Gasteiger partial charge in [-0.15, -0.1) is 0 Å². The van der Waals surface area contributed by atoms with Crippen molar-refractivity contribution in [2.45, 2.75) is 13.3 Å². The molecule has 2 amide bonds. The summed E-state index contributed by atoms with van der Waals surface area (Å²) in [6, 6.07) is 7.69. The van der Waals surface area contributed by atoms with E-state index in [4.69, 9.17) is 0 Å². The summed E-state index contributed by atoms with van der Waals surface area (Å²) in [5, 5.41) is 5.77. The summed E-state index contributed by atoms with van der Waals surface area (Å²) in [7, 11) is 2.01. The number of rotatable bonds is 7. The van der Waals surface area contributed by atoms with Crippen molar-refractivity contribution in [2.75, 3.05) is 42.4 Å². The predicted molar refractivity (Wildman–Crippen MR) is 85.4 cm³/mol. The number of anilines is 2. The van der Waals surface area contributed by atoms with Crippen LogP contribution in [0.2, 0.25) is 0 Å². The highest BCUT2D eigenvalue weighted by Gasteiger charge is 2.08. The van der Waals surface area contributed by atoms with Crippen LogP contribution in [0.15, 0.2) is 24.3 Å². The van der Waals surface area contributed by atoms with Gasteiger partial charge in [0.25, 0.3) is 0 Å². The molecule has 0 radical (unpaired) electrons. The molecule has 4 nitrogen and oxygen atoms in total. The van der Waals surface area contributed by atoms with Gasteiger partial charge in [0.15, 0.2) is 0 Å². The average Bonchev–Trinajstić information content (AvgIpc) is 2.43. The van der Waals surface area contributed by atoms with Gasteiger partial charge in [0, 0.05) is 20.1 Å². The van der Waals surface area contributed by atoms with E-state index in [0.29, 0.717) is 6.54 Å². The fourth-order valence-electron chi connectivity index (χ4n) is 1.67. The number of urea groups is 1. The first-order valence-corrected chi connectivity index (χ1v) is 7.92. The second kappa shape index (κ2) is 8.69. The molecule has 0 unspecified atom stereocenters. The number of nitrogens with one attached hydrogen (secondary N) is 2. The largest absolute Gasteiger partial charge is 0.373 e. The van der Waals surface area contributed by atoms with Gasteiger partial charge in [-0.05, 0) is 37.5 Å². The monoisotopic (exact) mass is 281 g/mol. The third kappa shape index (κ3) is 5.42. The molecule has 0 heterocycles. The van der Waals surface area contributed by atoms with Gasteiger partial charge in [0.2, 0.25) is 0 Å². The van der Waals surface area contributed by atoms with E-state index in [0.717, 1.165) is 30.1 Å². The molecular weight excluding hydrogens is 258 g/mol. The minimum atomic E-state index is -0.141. The van der Waals surface area contributed by atoms with E-state index in [2.05, 4.69) is 28.7 Å². The molecule has 106 valence electrons. The maximum absolute atomic E-state index is 11.8. The molecule has 0 aromatic heterocycles. The molecule has 0 atom stereocenters. The van der Waals surface area contributed by atoms with Crippen molar-refractivity contribution in [2.24, 2.45) is 0 Å². The van der Waals surface area contributed by atoms with E-state index in [9.17, 15) is 4.79 Å². The Hall–Kier alpha value is -1.36. The molecule has 0 spiro atoms. The van der Waals surface area contributed by atoms with E-state index in [1.165, 1.54) is 0 Å². The third-order valence-corrected chi connectivity index (χ3v) is 3.55. The molecule has 1 rings (SSSR count). The summed E-state index contributed by atoms with van der Waals surface area (Å²) in [5.74, 6) is 1.06. The van der Waals surface area contributed by atoms with Crippen LogP contribution < -0.4 is 15.5 Å². The highest BCUT2D eigenvalue weighted by molar-refractivity contribution is 7.98. The number of para-hydroxylation sites is 2. The van der Waals surface area contributed by atoms with Crippen LogP contribution in [0.25, 0.3) is 0 Å². The van der Waals surface area contributed by atoms with E-state index < -0.39 is 0 Å². The Kier molecular flexibility index (Phi) is 7.18. The van der Waals surface area contributed by atoms with Crippen molar-refractivity contribution in [1.29, 1.82) is 0 Å². The molecule has 0 saturated carbocycles.